The van der Waals surface area contributed by atoms with E-state index >= 15 is 0 Å². The molecule has 31 heavy (non-hydrogen) atoms. The lowest BCUT2D eigenvalue weighted by molar-refractivity contribution is -0.121. The second kappa shape index (κ2) is 10.3. The molecule has 1 heterocycles. The van der Waals surface area contributed by atoms with Gasteiger partial charge in [0.2, 0.25) is 11.8 Å². The average molecular weight is 457 g/mol. The van der Waals surface area contributed by atoms with Gasteiger partial charge in [0, 0.05) is 22.3 Å². The lowest BCUT2D eigenvalue weighted by Crippen LogP contribution is -2.31. The van der Waals surface area contributed by atoms with Crippen molar-refractivity contribution in [3.05, 3.63) is 87.2 Å². The third-order valence-corrected chi connectivity index (χ3v) is 5.46. The zero-order valence-corrected chi connectivity index (χ0v) is 18.7. The Balaban J connectivity index is 1.57. The highest BCUT2D eigenvalue weighted by atomic mass is 35.5. The van der Waals surface area contributed by atoms with E-state index in [9.17, 15) is 9.59 Å². The first-order valence-electron chi connectivity index (χ1n) is 9.63. The molecular formula is C23H22Cl2N4O2. The highest BCUT2D eigenvalue weighted by Crippen LogP contribution is 2.23. The van der Waals surface area contributed by atoms with Gasteiger partial charge in [-0.1, -0.05) is 59.6 Å². The molecule has 0 saturated carbocycles. The van der Waals surface area contributed by atoms with Crippen molar-refractivity contribution in [2.24, 2.45) is 0 Å². The molecule has 0 saturated heterocycles. The summed E-state index contributed by atoms with van der Waals surface area (Å²) in [5.74, 6) is -0.763. The molecule has 160 valence electrons. The van der Waals surface area contributed by atoms with Gasteiger partial charge in [-0.25, -0.2) is 4.68 Å². The standard InChI is InChI=1S/C23H22Cl2N4O2/c1-15-19(24)9-6-10-20(15)27-22(31)13-26-21(30)12-11-18-16(2)28-29(23(18)25)14-17-7-4-3-5-8-17/h3-12H,13-14H2,1-2H3,(H,26,30)(H,27,31). The molecule has 0 aliphatic rings. The number of carbonyl (C=O) groups excluding carboxylic acids is 2. The zero-order valence-electron chi connectivity index (χ0n) is 17.2. The second-order valence-corrected chi connectivity index (χ2v) is 7.71. The maximum Gasteiger partial charge on any atom is 0.244 e. The number of nitrogens with zero attached hydrogens (tertiary/aromatic N) is 2. The number of rotatable bonds is 7. The normalized spacial score (nSPS) is 11.0. The van der Waals surface area contributed by atoms with Crippen LogP contribution in [0.15, 0.2) is 54.6 Å². The number of nitrogens with one attached hydrogen (secondary N) is 2. The number of hydrogen-bond acceptors (Lipinski definition) is 3. The molecule has 0 radical (unpaired) electrons. The minimum Gasteiger partial charge on any atom is -0.343 e. The number of amides is 2. The molecule has 6 nitrogen and oxygen atoms in total. The van der Waals surface area contributed by atoms with Crippen molar-refractivity contribution in [3.63, 3.8) is 0 Å². The molecule has 0 spiro atoms. The van der Waals surface area contributed by atoms with E-state index in [-0.39, 0.29) is 12.5 Å². The number of anilines is 1. The highest BCUT2D eigenvalue weighted by molar-refractivity contribution is 6.32. The number of benzene rings is 2. The van der Waals surface area contributed by atoms with E-state index in [1.165, 1.54) is 6.08 Å². The Morgan fingerprint density at radius 3 is 2.55 bits per heavy atom. The summed E-state index contributed by atoms with van der Waals surface area (Å²) in [5, 5.41) is 10.7. The van der Waals surface area contributed by atoms with E-state index in [1.807, 2.05) is 44.2 Å². The van der Waals surface area contributed by atoms with Crippen molar-refractivity contribution in [2.45, 2.75) is 20.4 Å². The Labute approximate surface area is 190 Å². The minimum absolute atomic E-state index is 0.172. The van der Waals surface area contributed by atoms with Crippen LogP contribution >= 0.6 is 23.2 Å². The summed E-state index contributed by atoms with van der Waals surface area (Å²) in [5.41, 5.74) is 3.81. The summed E-state index contributed by atoms with van der Waals surface area (Å²) in [6.07, 6.45) is 2.93. The Hall–Kier alpha value is -3.09. The van der Waals surface area contributed by atoms with Crippen LogP contribution < -0.4 is 10.6 Å². The van der Waals surface area contributed by atoms with Gasteiger partial charge < -0.3 is 10.6 Å². The van der Waals surface area contributed by atoms with Crippen molar-refractivity contribution in [2.75, 3.05) is 11.9 Å². The van der Waals surface area contributed by atoms with Gasteiger partial charge in [-0.3, -0.25) is 9.59 Å². The van der Waals surface area contributed by atoms with E-state index in [2.05, 4.69) is 15.7 Å². The van der Waals surface area contributed by atoms with Gasteiger partial charge in [-0.2, -0.15) is 5.10 Å². The van der Waals surface area contributed by atoms with Crippen LogP contribution in [0, 0.1) is 13.8 Å². The summed E-state index contributed by atoms with van der Waals surface area (Å²) in [6, 6.07) is 15.1. The van der Waals surface area contributed by atoms with Crippen LogP contribution in [0.25, 0.3) is 6.08 Å². The SMILES string of the molecule is Cc1nn(Cc2ccccc2)c(Cl)c1C=CC(=O)NCC(=O)Nc1cccc(Cl)c1C. The molecule has 0 bridgehead atoms. The molecule has 1 aromatic heterocycles. The molecule has 2 amide bonds. The molecule has 0 aliphatic carbocycles. The van der Waals surface area contributed by atoms with Crippen molar-refractivity contribution in [1.82, 2.24) is 15.1 Å². The Morgan fingerprint density at radius 1 is 1.06 bits per heavy atom. The number of hydrogen-bond donors (Lipinski definition) is 2. The third-order valence-electron chi connectivity index (χ3n) is 4.65. The predicted molar refractivity (Wildman–Crippen MR) is 124 cm³/mol. The minimum atomic E-state index is -0.413. The van der Waals surface area contributed by atoms with E-state index in [1.54, 1.807) is 29.0 Å². The number of carbonyl (C=O) groups is 2. The number of halogens is 2. The van der Waals surface area contributed by atoms with Crippen molar-refractivity contribution in [3.8, 4) is 0 Å². The molecule has 3 aromatic rings. The second-order valence-electron chi connectivity index (χ2n) is 6.94. The van der Waals surface area contributed by atoms with Crippen LogP contribution in [0.5, 0.6) is 0 Å². The van der Waals surface area contributed by atoms with Crippen LogP contribution in [0.2, 0.25) is 10.2 Å². The lowest BCUT2D eigenvalue weighted by atomic mass is 10.2. The first-order valence-corrected chi connectivity index (χ1v) is 10.4. The highest BCUT2D eigenvalue weighted by Gasteiger charge is 2.12. The molecule has 2 N–H and O–H groups in total. The lowest BCUT2D eigenvalue weighted by Gasteiger charge is -2.09. The molecule has 2 aromatic carbocycles. The Bertz CT molecular complexity index is 1120. The van der Waals surface area contributed by atoms with Gasteiger partial charge in [-0.05, 0) is 43.2 Å². The summed E-state index contributed by atoms with van der Waals surface area (Å²) >= 11 is 12.5. The van der Waals surface area contributed by atoms with E-state index < -0.39 is 5.91 Å². The number of aryl methyl sites for hydroxylation is 1. The van der Waals surface area contributed by atoms with Crippen molar-refractivity contribution in [1.29, 1.82) is 0 Å². The third kappa shape index (κ3) is 5.96. The summed E-state index contributed by atoms with van der Waals surface area (Å²) < 4.78 is 1.69. The number of aromatic nitrogens is 2. The molecule has 0 aliphatic heterocycles. The fraction of sp³-hybridized carbons (Fsp3) is 0.174. The van der Waals surface area contributed by atoms with Crippen molar-refractivity contribution >= 4 is 46.8 Å². The Kier molecular flexibility index (Phi) is 7.50. The van der Waals surface area contributed by atoms with Crippen LogP contribution in [0.1, 0.15) is 22.4 Å². The molecule has 8 heteroatoms. The van der Waals surface area contributed by atoms with E-state index in [4.69, 9.17) is 23.2 Å². The van der Waals surface area contributed by atoms with Crippen LogP contribution in [0.4, 0.5) is 5.69 Å². The molecular weight excluding hydrogens is 435 g/mol. The molecule has 0 atom stereocenters. The van der Waals surface area contributed by atoms with Crippen LogP contribution in [-0.2, 0) is 16.1 Å². The topological polar surface area (TPSA) is 76.0 Å². The fourth-order valence-electron chi connectivity index (χ4n) is 2.94. The van der Waals surface area contributed by atoms with Crippen LogP contribution in [-0.4, -0.2) is 28.1 Å². The van der Waals surface area contributed by atoms with Gasteiger partial charge in [-0.15, -0.1) is 0 Å². The monoisotopic (exact) mass is 456 g/mol. The molecule has 0 fully saturated rings. The van der Waals surface area contributed by atoms with E-state index in [0.717, 1.165) is 11.1 Å². The average Bonchev–Trinajstić information content (AvgIpc) is 3.01. The largest absolute Gasteiger partial charge is 0.343 e. The summed E-state index contributed by atoms with van der Waals surface area (Å²) in [6.45, 7) is 3.99. The van der Waals surface area contributed by atoms with Gasteiger partial charge in [0.25, 0.3) is 0 Å². The van der Waals surface area contributed by atoms with Crippen molar-refractivity contribution < 1.29 is 9.59 Å². The van der Waals surface area contributed by atoms with Crippen LogP contribution in [0.3, 0.4) is 0 Å². The fourth-order valence-corrected chi connectivity index (χ4v) is 3.41. The summed E-state index contributed by atoms with van der Waals surface area (Å²) in [4.78, 5) is 24.3. The van der Waals surface area contributed by atoms with E-state index in [0.29, 0.717) is 33.7 Å². The molecule has 0 unspecified atom stereocenters. The smallest absolute Gasteiger partial charge is 0.244 e. The first kappa shape index (κ1) is 22.6. The summed E-state index contributed by atoms with van der Waals surface area (Å²) in [7, 11) is 0. The first-order chi connectivity index (χ1) is 14.8. The van der Waals surface area contributed by atoms with Gasteiger partial charge in [0.05, 0.1) is 18.8 Å². The molecule has 3 rings (SSSR count). The van der Waals surface area contributed by atoms with Gasteiger partial charge >= 0.3 is 0 Å². The predicted octanol–water partition coefficient (Wildman–Crippen LogP) is 4.62. The maximum absolute atomic E-state index is 12.1. The zero-order chi connectivity index (χ0) is 22.4. The maximum atomic E-state index is 12.1. The quantitative estimate of drug-likeness (QED) is 0.509. The van der Waals surface area contributed by atoms with Gasteiger partial charge in [0.15, 0.2) is 0 Å². The Morgan fingerprint density at radius 2 is 1.81 bits per heavy atom. The van der Waals surface area contributed by atoms with Gasteiger partial charge in [0.1, 0.15) is 5.15 Å².